The summed E-state index contributed by atoms with van der Waals surface area (Å²) in [6.07, 6.45) is 1.87. The second-order valence-electron chi connectivity index (χ2n) is 4.71. The van der Waals surface area contributed by atoms with Gasteiger partial charge >= 0.3 is 0 Å². The lowest BCUT2D eigenvalue weighted by Gasteiger charge is -2.10. The molecule has 2 N–H and O–H groups in total. The van der Waals surface area contributed by atoms with Crippen molar-refractivity contribution in [2.45, 2.75) is 0 Å². The second kappa shape index (κ2) is 8.24. The maximum absolute atomic E-state index is 12.3. The van der Waals surface area contributed by atoms with E-state index in [1.165, 1.54) is 11.8 Å². The topological polar surface area (TPSA) is 67.4 Å². The molecule has 0 unspecified atom stereocenters. The van der Waals surface area contributed by atoms with Gasteiger partial charge in [-0.2, -0.15) is 11.8 Å². The van der Waals surface area contributed by atoms with Crippen LogP contribution in [0.2, 0.25) is 0 Å². The predicted molar refractivity (Wildman–Crippen MR) is 94.4 cm³/mol. The quantitative estimate of drug-likeness (QED) is 0.853. The minimum Gasteiger partial charge on any atom is -0.495 e. The Labute approximate surface area is 139 Å². The molecule has 0 atom stereocenters. The molecule has 2 rings (SSSR count). The van der Waals surface area contributed by atoms with Crippen LogP contribution in [0.25, 0.3) is 0 Å². The number of carbonyl (C=O) groups excluding carboxylic acids is 2. The van der Waals surface area contributed by atoms with Crippen molar-refractivity contribution in [2.75, 3.05) is 29.8 Å². The predicted octanol–water partition coefficient (Wildman–Crippen LogP) is 3.25. The van der Waals surface area contributed by atoms with Gasteiger partial charge in [0.25, 0.3) is 5.91 Å². The molecule has 0 spiro atoms. The molecule has 0 saturated heterocycles. The molecule has 2 aromatic carbocycles. The summed E-state index contributed by atoms with van der Waals surface area (Å²) in [5.74, 6) is 0.692. The summed E-state index contributed by atoms with van der Waals surface area (Å²) in [6, 6.07) is 13.9. The van der Waals surface area contributed by atoms with Crippen LogP contribution >= 0.6 is 11.8 Å². The lowest BCUT2D eigenvalue weighted by atomic mass is 10.2. The van der Waals surface area contributed by atoms with Gasteiger partial charge in [-0.25, -0.2) is 0 Å². The van der Waals surface area contributed by atoms with E-state index in [4.69, 9.17) is 4.74 Å². The number of thioether (sulfide) groups is 1. The van der Waals surface area contributed by atoms with Crippen LogP contribution in [0.4, 0.5) is 11.4 Å². The number of para-hydroxylation sites is 2. The molecule has 0 radical (unpaired) electrons. The standard InChI is InChI=1S/C17H18N2O3S/c1-22-15-6-4-3-5-14(15)19-17(21)12-7-9-13(10-8-12)18-16(20)11-23-2/h3-10H,11H2,1-2H3,(H,18,20)(H,19,21). The van der Waals surface area contributed by atoms with Crippen molar-refractivity contribution < 1.29 is 14.3 Å². The average molecular weight is 330 g/mol. The SMILES string of the molecule is COc1ccccc1NC(=O)c1ccc(NC(=O)CSC)cc1. The number of hydrogen-bond donors (Lipinski definition) is 2. The molecule has 0 heterocycles. The molecule has 0 aliphatic heterocycles. The molecular formula is C17H18N2O3S. The van der Waals surface area contributed by atoms with E-state index < -0.39 is 0 Å². The number of rotatable bonds is 6. The second-order valence-corrected chi connectivity index (χ2v) is 5.58. The third-order valence-electron chi connectivity index (χ3n) is 3.06. The van der Waals surface area contributed by atoms with Crippen LogP contribution in [0.1, 0.15) is 10.4 Å². The molecule has 23 heavy (non-hydrogen) atoms. The highest BCUT2D eigenvalue weighted by Gasteiger charge is 2.09. The maximum Gasteiger partial charge on any atom is 0.255 e. The van der Waals surface area contributed by atoms with E-state index in [0.717, 1.165) is 0 Å². The van der Waals surface area contributed by atoms with Gasteiger partial charge in [0.05, 0.1) is 18.6 Å². The first kappa shape index (κ1) is 16.9. The van der Waals surface area contributed by atoms with Gasteiger partial charge in [0, 0.05) is 11.3 Å². The number of benzene rings is 2. The van der Waals surface area contributed by atoms with Crippen molar-refractivity contribution in [3.8, 4) is 5.75 Å². The Hall–Kier alpha value is -2.47. The lowest BCUT2D eigenvalue weighted by molar-refractivity contribution is -0.113. The summed E-state index contributed by atoms with van der Waals surface area (Å²) in [5, 5.41) is 5.57. The van der Waals surface area contributed by atoms with Crippen LogP contribution < -0.4 is 15.4 Å². The monoisotopic (exact) mass is 330 g/mol. The Kier molecular flexibility index (Phi) is 6.05. The molecule has 2 amide bonds. The molecule has 0 aliphatic rings. The van der Waals surface area contributed by atoms with E-state index in [9.17, 15) is 9.59 Å². The van der Waals surface area contributed by atoms with Crippen molar-refractivity contribution in [1.29, 1.82) is 0 Å². The third kappa shape index (κ3) is 4.75. The fourth-order valence-electron chi connectivity index (χ4n) is 1.98. The Morgan fingerprint density at radius 1 is 1.04 bits per heavy atom. The zero-order chi connectivity index (χ0) is 16.7. The average Bonchev–Trinajstić information content (AvgIpc) is 2.56. The molecule has 2 aromatic rings. The maximum atomic E-state index is 12.3. The molecule has 0 saturated carbocycles. The van der Waals surface area contributed by atoms with Gasteiger partial charge in [-0.05, 0) is 42.7 Å². The van der Waals surface area contributed by atoms with E-state index in [0.29, 0.717) is 28.4 Å². The molecule has 120 valence electrons. The highest BCUT2D eigenvalue weighted by molar-refractivity contribution is 7.99. The molecule has 6 heteroatoms. The smallest absolute Gasteiger partial charge is 0.255 e. The zero-order valence-electron chi connectivity index (χ0n) is 13.0. The Morgan fingerprint density at radius 3 is 2.39 bits per heavy atom. The normalized spacial score (nSPS) is 10.0. The molecule has 0 bridgehead atoms. The van der Waals surface area contributed by atoms with Gasteiger partial charge in [-0.15, -0.1) is 0 Å². The number of anilines is 2. The fourth-order valence-corrected chi connectivity index (χ4v) is 2.31. The van der Waals surface area contributed by atoms with Crippen molar-refractivity contribution in [2.24, 2.45) is 0 Å². The zero-order valence-corrected chi connectivity index (χ0v) is 13.8. The first-order valence-corrected chi connectivity index (χ1v) is 8.36. The largest absolute Gasteiger partial charge is 0.495 e. The minimum atomic E-state index is -0.239. The Morgan fingerprint density at radius 2 is 1.74 bits per heavy atom. The number of methoxy groups -OCH3 is 1. The number of carbonyl (C=O) groups is 2. The summed E-state index contributed by atoms with van der Waals surface area (Å²) < 4.78 is 5.20. The highest BCUT2D eigenvalue weighted by atomic mass is 32.2. The van der Waals surface area contributed by atoms with Crippen molar-refractivity contribution in [3.05, 3.63) is 54.1 Å². The minimum absolute atomic E-state index is 0.0660. The van der Waals surface area contributed by atoms with Gasteiger partial charge < -0.3 is 15.4 Å². The molecule has 0 fully saturated rings. The van der Waals surface area contributed by atoms with Crippen LogP contribution in [-0.2, 0) is 4.79 Å². The van der Waals surface area contributed by atoms with Crippen LogP contribution in [0.5, 0.6) is 5.75 Å². The highest BCUT2D eigenvalue weighted by Crippen LogP contribution is 2.23. The van der Waals surface area contributed by atoms with Gasteiger partial charge in [0.2, 0.25) is 5.91 Å². The summed E-state index contributed by atoms with van der Waals surface area (Å²) in [5.41, 5.74) is 1.77. The van der Waals surface area contributed by atoms with E-state index in [1.54, 1.807) is 43.5 Å². The van der Waals surface area contributed by atoms with Gasteiger partial charge in [-0.3, -0.25) is 9.59 Å². The number of hydrogen-bond acceptors (Lipinski definition) is 4. The molecule has 5 nitrogen and oxygen atoms in total. The van der Waals surface area contributed by atoms with Gasteiger partial charge in [0.15, 0.2) is 0 Å². The molecular weight excluding hydrogens is 312 g/mol. The van der Waals surface area contributed by atoms with Crippen molar-refractivity contribution in [3.63, 3.8) is 0 Å². The van der Waals surface area contributed by atoms with Crippen molar-refractivity contribution >= 4 is 35.0 Å². The molecule has 0 aromatic heterocycles. The van der Waals surface area contributed by atoms with Gasteiger partial charge in [0.1, 0.15) is 5.75 Å². The Balaban J connectivity index is 2.04. The van der Waals surface area contributed by atoms with E-state index in [-0.39, 0.29) is 11.8 Å². The van der Waals surface area contributed by atoms with E-state index >= 15 is 0 Å². The van der Waals surface area contributed by atoms with E-state index in [1.807, 2.05) is 18.4 Å². The van der Waals surface area contributed by atoms with Crippen LogP contribution in [-0.4, -0.2) is 30.9 Å². The number of nitrogens with one attached hydrogen (secondary N) is 2. The summed E-state index contributed by atoms with van der Waals surface area (Å²) >= 11 is 1.45. The van der Waals surface area contributed by atoms with Gasteiger partial charge in [-0.1, -0.05) is 12.1 Å². The lowest BCUT2D eigenvalue weighted by Crippen LogP contribution is -2.15. The number of amides is 2. The Bertz CT molecular complexity index is 686. The first-order chi connectivity index (χ1) is 11.1. The fraction of sp³-hybridized carbons (Fsp3) is 0.176. The summed E-state index contributed by atoms with van der Waals surface area (Å²) in [4.78, 5) is 23.8. The third-order valence-corrected chi connectivity index (χ3v) is 3.61. The summed E-state index contributed by atoms with van der Waals surface area (Å²) in [7, 11) is 1.55. The van der Waals surface area contributed by atoms with Crippen LogP contribution in [0.3, 0.4) is 0 Å². The molecule has 0 aliphatic carbocycles. The van der Waals surface area contributed by atoms with Crippen molar-refractivity contribution in [1.82, 2.24) is 0 Å². The first-order valence-electron chi connectivity index (χ1n) is 6.97. The van der Waals surface area contributed by atoms with E-state index in [2.05, 4.69) is 10.6 Å². The van der Waals surface area contributed by atoms with Crippen LogP contribution in [0.15, 0.2) is 48.5 Å². The summed E-state index contributed by atoms with van der Waals surface area (Å²) in [6.45, 7) is 0. The number of ether oxygens (including phenoxy) is 1. The van der Waals surface area contributed by atoms with Crippen LogP contribution in [0, 0.1) is 0 Å².